The quantitative estimate of drug-likeness (QED) is 0.174. The van der Waals surface area contributed by atoms with Gasteiger partial charge in [0.1, 0.15) is 35.5 Å². The molecule has 0 radical (unpaired) electrons. The Balaban J connectivity index is 1.55. The van der Waals surface area contributed by atoms with E-state index in [2.05, 4.69) is 125 Å². The first-order chi connectivity index (χ1) is 19.0. The molecule has 0 fully saturated rings. The predicted molar refractivity (Wildman–Crippen MR) is 165 cm³/mol. The van der Waals surface area contributed by atoms with Gasteiger partial charge in [-0.2, -0.15) is 0 Å². The van der Waals surface area contributed by atoms with E-state index in [1.54, 1.807) is 6.07 Å². The third kappa shape index (κ3) is 6.30. The van der Waals surface area contributed by atoms with Crippen LogP contribution >= 0.6 is 23.2 Å². The van der Waals surface area contributed by atoms with Crippen molar-refractivity contribution in [2.24, 2.45) is 0 Å². The molecule has 39 heavy (non-hydrogen) atoms. The van der Waals surface area contributed by atoms with Gasteiger partial charge < -0.3 is 9.84 Å². The summed E-state index contributed by atoms with van der Waals surface area (Å²) >= 11 is 3.74. The molecule has 5 heteroatoms. The fraction of sp³-hybridized carbons (Fsp3) is 0.0882. The molecule has 0 aliphatic heterocycles. The molecule has 5 aromatic rings. The van der Waals surface area contributed by atoms with E-state index in [1.165, 1.54) is 21.5 Å². The maximum Gasteiger partial charge on any atom is 0.307 e. The molecule has 0 aromatic heterocycles. The Bertz CT molecular complexity index is 1440. The molecule has 0 unspecified atom stereocenters. The van der Waals surface area contributed by atoms with Crippen molar-refractivity contribution in [1.82, 2.24) is 0 Å². The molecule has 0 bridgehead atoms. The summed E-state index contributed by atoms with van der Waals surface area (Å²) in [5, 5.41) is 13.3. The van der Waals surface area contributed by atoms with Crippen molar-refractivity contribution in [3.8, 4) is 5.75 Å². The molecule has 194 valence electrons. The van der Waals surface area contributed by atoms with Crippen LogP contribution in [0.1, 0.15) is 16.7 Å². The minimum absolute atomic E-state index is 0.0713. The molecular weight excluding hydrogens is 567 g/mol. The first-order valence-electron chi connectivity index (χ1n) is 12.8. The van der Waals surface area contributed by atoms with Gasteiger partial charge in [-0.25, -0.2) is 0 Å². The van der Waals surface area contributed by atoms with E-state index in [0.29, 0.717) is 17.9 Å². The van der Waals surface area contributed by atoms with E-state index in [-0.39, 0.29) is 6.42 Å². The zero-order valence-electron chi connectivity index (χ0n) is 21.4. The number of hydrogen-bond acceptors (Lipinski definition) is 2. The van der Waals surface area contributed by atoms with Crippen molar-refractivity contribution < 1.29 is 14.6 Å². The van der Waals surface area contributed by atoms with Gasteiger partial charge in [-0.15, -0.1) is 0 Å². The lowest BCUT2D eigenvalue weighted by Gasteiger charge is -2.28. The number of rotatable bonds is 10. The number of halogens is 1. The summed E-state index contributed by atoms with van der Waals surface area (Å²) in [6.45, 7) is 0.344. The Morgan fingerprint density at radius 3 is 1.69 bits per heavy atom. The minimum atomic E-state index is -2.04. The SMILES string of the molecule is O=C(O)Cc1ccccc1OCc1cc(Br)cc(C[P+](c2ccccc2)(c2ccccc2)c2ccccc2)c1. The highest BCUT2D eigenvalue weighted by Gasteiger charge is 2.45. The highest BCUT2D eigenvalue weighted by Crippen LogP contribution is 2.58. The van der Waals surface area contributed by atoms with Crippen LogP contribution in [-0.2, 0) is 24.0 Å². The molecule has 5 aromatic carbocycles. The lowest BCUT2D eigenvalue weighted by atomic mass is 10.1. The van der Waals surface area contributed by atoms with Crippen LogP contribution in [0.5, 0.6) is 5.75 Å². The summed E-state index contributed by atoms with van der Waals surface area (Å²) in [5.41, 5.74) is 2.91. The molecule has 0 aliphatic carbocycles. The van der Waals surface area contributed by atoms with Gasteiger partial charge in [-0.3, -0.25) is 4.79 Å². The maximum atomic E-state index is 11.3. The molecule has 3 nitrogen and oxygen atoms in total. The van der Waals surface area contributed by atoms with Crippen molar-refractivity contribution in [1.29, 1.82) is 0 Å². The number of aliphatic carboxylic acids is 1. The molecule has 0 saturated heterocycles. The van der Waals surface area contributed by atoms with Gasteiger partial charge >= 0.3 is 5.97 Å². The van der Waals surface area contributed by atoms with Gasteiger partial charge in [0.05, 0.1) is 12.6 Å². The topological polar surface area (TPSA) is 46.5 Å². The lowest BCUT2D eigenvalue weighted by Crippen LogP contribution is -2.32. The van der Waals surface area contributed by atoms with Crippen molar-refractivity contribution >= 4 is 45.1 Å². The smallest absolute Gasteiger partial charge is 0.307 e. The molecule has 0 aliphatic rings. The standard InChI is InChI=1S/C34H28BrO3P/c35-29-21-26(24-38-33-19-11-10-12-28(33)23-34(36)37)20-27(22-29)25-39(30-13-4-1-5-14-30,31-15-6-2-7-16-31)32-17-8-3-9-18-32/h1-22H,23-25H2/p+1. The normalized spacial score (nSPS) is 11.2. The Kier molecular flexibility index (Phi) is 8.56. The van der Waals surface area contributed by atoms with Crippen LogP contribution in [0.2, 0.25) is 0 Å². The number of para-hydroxylation sites is 1. The van der Waals surface area contributed by atoms with Gasteiger partial charge in [-0.05, 0) is 71.8 Å². The molecule has 5 rings (SSSR count). The van der Waals surface area contributed by atoms with Gasteiger partial charge in [0, 0.05) is 10.0 Å². The number of carboxylic acid groups (broad SMARTS) is 1. The number of ether oxygens (including phenoxy) is 1. The summed E-state index contributed by atoms with van der Waals surface area (Å²) in [6, 6.07) is 46.4. The average molecular weight is 596 g/mol. The number of carboxylic acids is 1. The summed E-state index contributed by atoms with van der Waals surface area (Å²) in [7, 11) is -2.04. The summed E-state index contributed by atoms with van der Waals surface area (Å²) in [5.74, 6) is -0.278. The Labute approximate surface area is 238 Å². The second-order valence-corrected chi connectivity index (χ2v) is 13.8. The van der Waals surface area contributed by atoms with Gasteiger partial charge in [0.2, 0.25) is 0 Å². The minimum Gasteiger partial charge on any atom is -0.489 e. The van der Waals surface area contributed by atoms with E-state index in [4.69, 9.17) is 4.74 Å². The van der Waals surface area contributed by atoms with Crippen LogP contribution < -0.4 is 20.7 Å². The molecule has 0 heterocycles. The van der Waals surface area contributed by atoms with Crippen LogP contribution in [0.15, 0.2) is 138 Å². The first kappa shape index (κ1) is 26.9. The highest BCUT2D eigenvalue weighted by atomic mass is 79.9. The fourth-order valence-electron chi connectivity index (χ4n) is 5.05. The zero-order valence-corrected chi connectivity index (χ0v) is 23.9. The highest BCUT2D eigenvalue weighted by molar-refractivity contribution is 9.10. The molecule has 0 atom stereocenters. The van der Waals surface area contributed by atoms with Crippen LogP contribution in [0.4, 0.5) is 0 Å². The lowest BCUT2D eigenvalue weighted by molar-refractivity contribution is -0.136. The predicted octanol–water partition coefficient (Wildman–Crippen LogP) is 7.15. The molecular formula is C34H29BrO3P+. The fourth-order valence-corrected chi connectivity index (χ4v) is 9.85. The van der Waals surface area contributed by atoms with E-state index in [1.807, 2.05) is 18.2 Å². The van der Waals surface area contributed by atoms with E-state index in [9.17, 15) is 9.90 Å². The first-order valence-corrected chi connectivity index (χ1v) is 15.6. The van der Waals surface area contributed by atoms with Crippen LogP contribution in [0, 0.1) is 0 Å². The van der Waals surface area contributed by atoms with Gasteiger partial charge in [-0.1, -0.05) is 88.7 Å². The monoisotopic (exact) mass is 595 g/mol. The Morgan fingerprint density at radius 2 is 1.15 bits per heavy atom. The molecule has 1 N–H and O–H groups in total. The summed E-state index contributed by atoms with van der Waals surface area (Å²) in [4.78, 5) is 11.3. The van der Waals surface area contributed by atoms with E-state index < -0.39 is 13.2 Å². The maximum absolute atomic E-state index is 11.3. The van der Waals surface area contributed by atoms with Crippen LogP contribution in [0.25, 0.3) is 0 Å². The number of benzene rings is 5. The largest absolute Gasteiger partial charge is 0.489 e. The Morgan fingerprint density at radius 1 is 0.667 bits per heavy atom. The zero-order chi connectivity index (χ0) is 27.1. The van der Waals surface area contributed by atoms with Crippen molar-refractivity contribution in [3.05, 3.63) is 155 Å². The molecule has 0 amide bonds. The summed E-state index contributed by atoms with van der Waals surface area (Å²) in [6.07, 6.45) is 0.783. The van der Waals surface area contributed by atoms with Crippen LogP contribution in [0.3, 0.4) is 0 Å². The number of carbonyl (C=O) groups is 1. The number of hydrogen-bond donors (Lipinski definition) is 1. The van der Waals surface area contributed by atoms with Crippen molar-refractivity contribution in [3.63, 3.8) is 0 Å². The average Bonchev–Trinajstić information content (AvgIpc) is 2.96. The summed E-state index contributed by atoms with van der Waals surface area (Å²) < 4.78 is 7.13. The van der Waals surface area contributed by atoms with E-state index >= 15 is 0 Å². The second kappa shape index (κ2) is 12.4. The van der Waals surface area contributed by atoms with Gasteiger partial charge in [0.25, 0.3) is 0 Å². The third-order valence-corrected chi connectivity index (χ3v) is 11.6. The van der Waals surface area contributed by atoms with Crippen molar-refractivity contribution in [2.75, 3.05) is 0 Å². The molecule has 0 spiro atoms. The van der Waals surface area contributed by atoms with Crippen LogP contribution in [-0.4, -0.2) is 11.1 Å². The Hall–Kier alpha value is -3.72. The molecule has 0 saturated carbocycles. The van der Waals surface area contributed by atoms with Gasteiger partial charge in [0.15, 0.2) is 0 Å². The van der Waals surface area contributed by atoms with E-state index in [0.717, 1.165) is 16.2 Å². The van der Waals surface area contributed by atoms with Crippen molar-refractivity contribution in [2.45, 2.75) is 19.2 Å². The third-order valence-electron chi connectivity index (χ3n) is 6.74. The second-order valence-electron chi connectivity index (χ2n) is 9.41.